The molecule has 1 aromatic carbocycles. The number of benzene rings is 1. The molecule has 0 spiro atoms. The number of hydrogen-bond acceptors (Lipinski definition) is 1. The van der Waals surface area contributed by atoms with Gasteiger partial charge in [0, 0.05) is 17.8 Å². The largest absolute Gasteiger partial charge is 0.290 e. The lowest BCUT2D eigenvalue weighted by Gasteiger charge is -2.11. The van der Waals surface area contributed by atoms with Crippen LogP contribution in [0.2, 0.25) is 0 Å². The molecule has 0 aliphatic rings. The van der Waals surface area contributed by atoms with Crippen LogP contribution in [0, 0.1) is 18.7 Å². The first-order valence-electron chi connectivity index (χ1n) is 10.9. The second-order valence-electron chi connectivity index (χ2n) is 7.84. The normalized spacial score (nSPS) is 13.0. The second-order valence-corrected chi connectivity index (χ2v) is 7.84. The summed E-state index contributed by atoms with van der Waals surface area (Å²) in [4.78, 5) is 4.26. The average molecular weight is 388 g/mol. The molecule has 0 fully saturated rings. The molecular weight excluding hydrogens is 345 g/mol. The van der Waals surface area contributed by atoms with Crippen LogP contribution >= 0.6 is 0 Å². The summed E-state index contributed by atoms with van der Waals surface area (Å²) in [6.07, 6.45) is 9.81. The third-order valence-electron chi connectivity index (χ3n) is 4.82. The fourth-order valence-corrected chi connectivity index (χ4v) is 3.11. The maximum absolute atomic E-state index is 13.7. The maximum Gasteiger partial charge on any atom is 0.130 e. The number of aliphatic imine (C=N–C) groups is 1. The van der Waals surface area contributed by atoms with E-state index in [9.17, 15) is 4.39 Å². The summed E-state index contributed by atoms with van der Waals surface area (Å²) in [6.45, 7) is 19.3. The first-order chi connectivity index (χ1) is 13.2. The van der Waals surface area contributed by atoms with Gasteiger partial charge in [-0.05, 0) is 69.7 Å². The summed E-state index contributed by atoms with van der Waals surface area (Å²) in [6, 6.07) is 5.29. The SMILES string of the molecule is C=C(CC)CC(C)CCCCC.CCN=C(C)/C=C(\C)c1ccc(C)cc1F. The van der Waals surface area contributed by atoms with Crippen molar-refractivity contribution in [3.63, 3.8) is 0 Å². The summed E-state index contributed by atoms with van der Waals surface area (Å²) < 4.78 is 13.7. The van der Waals surface area contributed by atoms with E-state index in [-0.39, 0.29) is 5.82 Å². The zero-order chi connectivity index (χ0) is 21.5. The van der Waals surface area contributed by atoms with Crippen LogP contribution in [-0.2, 0) is 0 Å². The van der Waals surface area contributed by atoms with Crippen molar-refractivity contribution in [2.24, 2.45) is 10.9 Å². The van der Waals surface area contributed by atoms with Crippen LogP contribution in [0.15, 0.2) is 41.4 Å². The summed E-state index contributed by atoms with van der Waals surface area (Å²) in [5.41, 5.74) is 4.84. The van der Waals surface area contributed by atoms with Crippen LogP contribution in [0.5, 0.6) is 0 Å². The molecule has 0 saturated carbocycles. The van der Waals surface area contributed by atoms with Gasteiger partial charge >= 0.3 is 0 Å². The van der Waals surface area contributed by atoms with Gasteiger partial charge in [0.2, 0.25) is 0 Å². The summed E-state index contributed by atoms with van der Waals surface area (Å²) >= 11 is 0. The van der Waals surface area contributed by atoms with Gasteiger partial charge in [-0.25, -0.2) is 4.39 Å². The van der Waals surface area contributed by atoms with Crippen molar-refractivity contribution in [1.29, 1.82) is 0 Å². The van der Waals surface area contributed by atoms with Crippen molar-refractivity contribution in [3.8, 4) is 0 Å². The van der Waals surface area contributed by atoms with Gasteiger partial charge in [0.05, 0.1) is 0 Å². The quantitative estimate of drug-likeness (QED) is 0.216. The molecule has 0 radical (unpaired) electrons. The maximum atomic E-state index is 13.7. The molecule has 0 aliphatic carbocycles. The summed E-state index contributed by atoms with van der Waals surface area (Å²) in [5.74, 6) is 0.682. The molecule has 28 heavy (non-hydrogen) atoms. The van der Waals surface area contributed by atoms with E-state index in [4.69, 9.17) is 0 Å². The third kappa shape index (κ3) is 11.9. The summed E-state index contributed by atoms with van der Waals surface area (Å²) in [7, 11) is 0. The number of hydrogen-bond donors (Lipinski definition) is 0. The van der Waals surface area contributed by atoms with Gasteiger partial charge in [-0.3, -0.25) is 4.99 Å². The Morgan fingerprint density at radius 1 is 1.18 bits per heavy atom. The highest BCUT2D eigenvalue weighted by atomic mass is 19.1. The molecule has 0 bridgehead atoms. The Labute approximate surface area is 173 Å². The van der Waals surface area contributed by atoms with Gasteiger partial charge in [0.1, 0.15) is 5.82 Å². The minimum Gasteiger partial charge on any atom is -0.290 e. The highest BCUT2D eigenvalue weighted by Gasteiger charge is 2.04. The fourth-order valence-electron chi connectivity index (χ4n) is 3.11. The minimum absolute atomic E-state index is 0.168. The van der Waals surface area contributed by atoms with Crippen LogP contribution in [0.3, 0.4) is 0 Å². The van der Waals surface area contributed by atoms with E-state index in [1.54, 1.807) is 6.07 Å². The minimum atomic E-state index is -0.168. The highest BCUT2D eigenvalue weighted by molar-refractivity contribution is 5.98. The molecule has 0 heterocycles. The summed E-state index contributed by atoms with van der Waals surface area (Å²) in [5, 5.41) is 0. The molecule has 158 valence electrons. The molecule has 1 aromatic rings. The van der Waals surface area contributed by atoms with Gasteiger partial charge in [-0.2, -0.15) is 0 Å². The number of allylic oxidation sites excluding steroid dienone is 3. The zero-order valence-electron chi connectivity index (χ0n) is 19.4. The molecule has 0 aliphatic heterocycles. The van der Waals surface area contributed by atoms with Crippen molar-refractivity contribution in [3.05, 3.63) is 53.4 Å². The molecule has 0 aromatic heterocycles. The monoisotopic (exact) mass is 387 g/mol. The zero-order valence-corrected chi connectivity index (χ0v) is 19.4. The smallest absolute Gasteiger partial charge is 0.130 e. The van der Waals surface area contributed by atoms with Crippen LogP contribution in [0.25, 0.3) is 5.57 Å². The van der Waals surface area contributed by atoms with Crippen LogP contribution in [0.4, 0.5) is 4.39 Å². The number of halogens is 1. The van der Waals surface area contributed by atoms with Crippen LogP contribution in [-0.4, -0.2) is 12.3 Å². The standard InChI is InChI=1S/C14H18FN.C12H24/c1-5-16-12(4)9-11(3)13-7-6-10(2)8-14(13)15;1-5-7-8-9-12(4)10-11(3)6-2/h6-9H,5H2,1-4H3;12H,3,5-10H2,1-2,4H3/b11-9+,16-12?;. The number of nitrogens with zero attached hydrogens (tertiary/aromatic N) is 1. The van der Waals surface area contributed by atoms with Gasteiger partial charge in [0.25, 0.3) is 0 Å². The second kappa shape index (κ2) is 15.2. The highest BCUT2D eigenvalue weighted by Crippen LogP contribution is 2.19. The van der Waals surface area contributed by atoms with Gasteiger partial charge in [-0.1, -0.05) is 70.7 Å². The lowest BCUT2D eigenvalue weighted by atomic mass is 9.95. The third-order valence-corrected chi connectivity index (χ3v) is 4.82. The molecule has 1 rings (SSSR count). The van der Waals surface area contributed by atoms with Gasteiger partial charge in [0.15, 0.2) is 0 Å². The first kappa shape index (κ1) is 26.3. The van der Waals surface area contributed by atoms with Crippen molar-refractivity contribution >= 4 is 11.3 Å². The topological polar surface area (TPSA) is 12.4 Å². The van der Waals surface area contributed by atoms with Gasteiger partial charge < -0.3 is 0 Å². The Kier molecular flexibility index (Phi) is 14.3. The molecule has 0 saturated heterocycles. The van der Waals surface area contributed by atoms with Crippen LogP contribution < -0.4 is 0 Å². The predicted octanol–water partition coefficient (Wildman–Crippen LogP) is 8.58. The number of aryl methyl sites for hydroxylation is 1. The van der Waals surface area contributed by atoms with E-state index in [0.717, 1.165) is 35.7 Å². The van der Waals surface area contributed by atoms with Crippen molar-refractivity contribution < 1.29 is 4.39 Å². The molecular formula is C26H42FN. The Balaban J connectivity index is 0.000000546. The van der Waals surface area contributed by atoms with E-state index in [1.165, 1.54) is 37.7 Å². The van der Waals surface area contributed by atoms with Crippen molar-refractivity contribution in [2.75, 3.05) is 6.54 Å². The average Bonchev–Trinajstić information content (AvgIpc) is 2.62. The lowest BCUT2D eigenvalue weighted by molar-refractivity contribution is 0.488. The number of rotatable bonds is 10. The van der Waals surface area contributed by atoms with E-state index in [2.05, 4.69) is 32.3 Å². The van der Waals surface area contributed by atoms with Crippen molar-refractivity contribution in [2.45, 2.75) is 87.0 Å². The predicted molar refractivity (Wildman–Crippen MR) is 126 cm³/mol. The lowest BCUT2D eigenvalue weighted by Crippen LogP contribution is -1.96. The Morgan fingerprint density at radius 3 is 2.39 bits per heavy atom. The molecule has 1 unspecified atom stereocenters. The van der Waals surface area contributed by atoms with E-state index in [1.807, 2.05) is 45.9 Å². The van der Waals surface area contributed by atoms with E-state index < -0.39 is 0 Å². The molecule has 1 atom stereocenters. The Morgan fingerprint density at radius 2 is 1.86 bits per heavy atom. The van der Waals surface area contributed by atoms with Gasteiger partial charge in [-0.15, -0.1) is 0 Å². The Bertz CT molecular complexity index is 640. The Hall–Kier alpha value is -1.70. The number of unbranched alkanes of at least 4 members (excludes halogenated alkanes) is 2. The van der Waals surface area contributed by atoms with Crippen molar-refractivity contribution in [1.82, 2.24) is 0 Å². The molecule has 0 N–H and O–H groups in total. The first-order valence-corrected chi connectivity index (χ1v) is 10.9. The molecule has 1 nitrogen and oxygen atoms in total. The molecule has 2 heteroatoms. The van der Waals surface area contributed by atoms with E-state index >= 15 is 0 Å². The van der Waals surface area contributed by atoms with E-state index in [0.29, 0.717) is 5.56 Å². The van der Waals surface area contributed by atoms with Crippen LogP contribution in [0.1, 0.15) is 91.2 Å². The fraction of sp³-hybridized carbons (Fsp3) is 0.577. The molecule has 0 amide bonds.